The number of halogens is 1. The van der Waals surface area contributed by atoms with Gasteiger partial charge in [0.15, 0.2) is 0 Å². The van der Waals surface area contributed by atoms with Crippen LogP contribution < -0.4 is 10.6 Å². The number of ether oxygens (including phenoxy) is 1. The van der Waals surface area contributed by atoms with Gasteiger partial charge in [-0.1, -0.05) is 25.4 Å². The molecule has 0 saturated heterocycles. The molecule has 0 aromatic heterocycles. The highest BCUT2D eigenvalue weighted by Gasteiger charge is 2.09. The lowest BCUT2D eigenvalue weighted by atomic mass is 10.2. The highest BCUT2D eigenvalue weighted by Crippen LogP contribution is 2.22. The van der Waals surface area contributed by atoms with Gasteiger partial charge in [0.05, 0.1) is 22.9 Å². The maximum absolute atomic E-state index is 11.7. The fraction of sp³-hybridized carbons (Fsp3) is 0.429. The molecular weight excluding hydrogens is 296 g/mol. The molecule has 0 aliphatic heterocycles. The fourth-order valence-corrected chi connectivity index (χ4v) is 1.64. The second-order valence-corrected chi connectivity index (χ2v) is 5.26. The van der Waals surface area contributed by atoms with Gasteiger partial charge in [-0.3, -0.25) is 0 Å². The zero-order chi connectivity index (χ0) is 15.8. The molecule has 0 radical (unpaired) electrons. The van der Waals surface area contributed by atoms with Crippen LogP contribution in [-0.4, -0.2) is 36.9 Å². The van der Waals surface area contributed by atoms with E-state index in [-0.39, 0.29) is 16.3 Å². The third-order valence-electron chi connectivity index (χ3n) is 2.44. The Morgan fingerprint density at radius 3 is 2.71 bits per heavy atom. The number of carbonyl (C=O) groups is 2. The molecule has 1 aromatic carbocycles. The average Bonchev–Trinajstić information content (AvgIpc) is 2.40. The maximum Gasteiger partial charge on any atom is 0.335 e. The van der Waals surface area contributed by atoms with Gasteiger partial charge in [0.1, 0.15) is 0 Å². The summed E-state index contributed by atoms with van der Waals surface area (Å²) >= 11 is 5.90. The summed E-state index contributed by atoms with van der Waals surface area (Å²) in [7, 11) is 0. The first-order valence-corrected chi connectivity index (χ1v) is 6.93. The van der Waals surface area contributed by atoms with Gasteiger partial charge in [0.2, 0.25) is 0 Å². The van der Waals surface area contributed by atoms with Crippen molar-refractivity contribution < 1.29 is 19.4 Å². The molecule has 0 aliphatic rings. The Hall–Kier alpha value is -1.79. The van der Waals surface area contributed by atoms with Crippen LogP contribution >= 0.6 is 11.6 Å². The predicted molar refractivity (Wildman–Crippen MR) is 81.1 cm³/mol. The van der Waals surface area contributed by atoms with E-state index in [0.29, 0.717) is 25.7 Å². The van der Waals surface area contributed by atoms with Gasteiger partial charge in [0, 0.05) is 13.2 Å². The Morgan fingerprint density at radius 1 is 1.38 bits per heavy atom. The molecule has 21 heavy (non-hydrogen) atoms. The number of anilines is 1. The lowest BCUT2D eigenvalue weighted by molar-refractivity contribution is 0.0697. The highest BCUT2D eigenvalue weighted by molar-refractivity contribution is 6.33. The van der Waals surface area contributed by atoms with Crippen molar-refractivity contribution >= 4 is 29.3 Å². The molecule has 3 N–H and O–H groups in total. The zero-order valence-electron chi connectivity index (χ0n) is 12.0. The fourth-order valence-electron chi connectivity index (χ4n) is 1.48. The number of hydrogen-bond acceptors (Lipinski definition) is 3. The van der Waals surface area contributed by atoms with E-state index >= 15 is 0 Å². The highest BCUT2D eigenvalue weighted by atomic mass is 35.5. The molecule has 0 aliphatic carbocycles. The van der Waals surface area contributed by atoms with Crippen molar-refractivity contribution in [2.75, 3.05) is 25.1 Å². The molecule has 0 saturated carbocycles. The largest absolute Gasteiger partial charge is 0.478 e. The topological polar surface area (TPSA) is 87.7 Å². The summed E-state index contributed by atoms with van der Waals surface area (Å²) in [6.07, 6.45) is 0. The second kappa shape index (κ2) is 8.49. The normalized spacial score (nSPS) is 10.5. The van der Waals surface area contributed by atoms with Gasteiger partial charge in [0.25, 0.3) is 0 Å². The molecule has 0 fully saturated rings. The number of urea groups is 1. The van der Waals surface area contributed by atoms with Crippen LogP contribution in [0.5, 0.6) is 0 Å². The van der Waals surface area contributed by atoms with Crippen LogP contribution in [0.3, 0.4) is 0 Å². The van der Waals surface area contributed by atoms with Gasteiger partial charge < -0.3 is 20.5 Å². The Kier molecular flexibility index (Phi) is 6.98. The molecule has 1 aromatic rings. The van der Waals surface area contributed by atoms with E-state index < -0.39 is 12.0 Å². The van der Waals surface area contributed by atoms with Crippen LogP contribution in [0.1, 0.15) is 24.2 Å². The first-order chi connectivity index (χ1) is 9.90. The standard InChI is InChI=1S/C14H19ClN2O4/c1-9(2)8-21-6-5-16-14(20)17-12-7-10(13(18)19)3-4-11(12)15/h3-4,7,9H,5-6,8H2,1-2H3,(H,18,19)(H2,16,17,20). The number of nitrogens with one attached hydrogen (secondary N) is 2. The minimum absolute atomic E-state index is 0.0509. The van der Waals surface area contributed by atoms with Gasteiger partial charge in [-0.2, -0.15) is 0 Å². The Morgan fingerprint density at radius 2 is 2.10 bits per heavy atom. The number of carboxylic acid groups (broad SMARTS) is 1. The molecule has 6 nitrogen and oxygen atoms in total. The molecule has 0 bridgehead atoms. The SMILES string of the molecule is CC(C)COCCNC(=O)Nc1cc(C(=O)O)ccc1Cl. The van der Waals surface area contributed by atoms with E-state index in [9.17, 15) is 9.59 Å². The van der Waals surface area contributed by atoms with E-state index in [0.717, 1.165) is 0 Å². The maximum atomic E-state index is 11.7. The summed E-state index contributed by atoms with van der Waals surface area (Å²) in [4.78, 5) is 22.5. The van der Waals surface area contributed by atoms with Crippen molar-refractivity contribution in [2.45, 2.75) is 13.8 Å². The molecule has 1 rings (SSSR count). The van der Waals surface area contributed by atoms with Crippen molar-refractivity contribution in [3.05, 3.63) is 28.8 Å². The molecule has 116 valence electrons. The van der Waals surface area contributed by atoms with Crippen molar-refractivity contribution in [2.24, 2.45) is 5.92 Å². The summed E-state index contributed by atoms with van der Waals surface area (Å²) in [6, 6.07) is 3.63. The Labute approximate surface area is 128 Å². The molecule has 7 heteroatoms. The van der Waals surface area contributed by atoms with Gasteiger partial charge in [-0.25, -0.2) is 9.59 Å². The summed E-state index contributed by atoms with van der Waals surface area (Å²) in [5.41, 5.74) is 0.298. The molecule has 0 heterocycles. The van der Waals surface area contributed by atoms with Crippen LogP contribution in [0, 0.1) is 5.92 Å². The quantitative estimate of drug-likeness (QED) is 0.675. The minimum atomic E-state index is -1.09. The smallest absolute Gasteiger partial charge is 0.335 e. The first kappa shape index (κ1) is 17.3. The van der Waals surface area contributed by atoms with Crippen LogP contribution in [-0.2, 0) is 4.74 Å². The number of carboxylic acids is 1. The van der Waals surface area contributed by atoms with Crippen molar-refractivity contribution in [1.82, 2.24) is 5.32 Å². The first-order valence-electron chi connectivity index (χ1n) is 6.55. The third kappa shape index (κ3) is 6.46. The lowest BCUT2D eigenvalue weighted by Crippen LogP contribution is -2.32. The van der Waals surface area contributed by atoms with Crippen LogP contribution in [0.25, 0.3) is 0 Å². The summed E-state index contributed by atoms with van der Waals surface area (Å²) < 4.78 is 5.32. The van der Waals surface area contributed by atoms with Crippen molar-refractivity contribution in [1.29, 1.82) is 0 Å². The van der Waals surface area contributed by atoms with Crippen LogP contribution in [0.2, 0.25) is 5.02 Å². The molecular formula is C14H19ClN2O4. The number of carbonyl (C=O) groups excluding carboxylic acids is 1. The van der Waals surface area contributed by atoms with Gasteiger partial charge in [-0.15, -0.1) is 0 Å². The second-order valence-electron chi connectivity index (χ2n) is 4.85. The summed E-state index contributed by atoms with van der Waals surface area (Å²) in [6.45, 7) is 5.48. The molecule has 2 amide bonds. The number of benzene rings is 1. The van der Waals surface area contributed by atoms with Crippen molar-refractivity contribution in [3.63, 3.8) is 0 Å². The van der Waals surface area contributed by atoms with E-state index in [2.05, 4.69) is 10.6 Å². The molecule has 0 unspecified atom stereocenters. The molecule has 0 atom stereocenters. The van der Waals surface area contributed by atoms with Gasteiger partial charge >= 0.3 is 12.0 Å². The van der Waals surface area contributed by atoms with E-state index in [1.807, 2.05) is 13.8 Å². The minimum Gasteiger partial charge on any atom is -0.478 e. The van der Waals surface area contributed by atoms with E-state index in [1.165, 1.54) is 18.2 Å². The van der Waals surface area contributed by atoms with E-state index in [1.54, 1.807) is 0 Å². The zero-order valence-corrected chi connectivity index (χ0v) is 12.7. The molecule has 0 spiro atoms. The Balaban J connectivity index is 2.44. The van der Waals surface area contributed by atoms with Crippen LogP contribution in [0.15, 0.2) is 18.2 Å². The number of amides is 2. The number of aromatic carboxylic acids is 1. The lowest BCUT2D eigenvalue weighted by Gasteiger charge is -2.10. The number of rotatable bonds is 7. The summed E-state index contributed by atoms with van der Waals surface area (Å²) in [5.74, 6) is -0.645. The van der Waals surface area contributed by atoms with E-state index in [4.69, 9.17) is 21.4 Å². The predicted octanol–water partition coefficient (Wildman–Crippen LogP) is 2.83. The number of hydrogen-bond donors (Lipinski definition) is 3. The van der Waals surface area contributed by atoms with Crippen molar-refractivity contribution in [3.8, 4) is 0 Å². The van der Waals surface area contributed by atoms with Crippen LogP contribution in [0.4, 0.5) is 10.5 Å². The summed E-state index contributed by atoms with van der Waals surface area (Å²) in [5, 5.41) is 14.3. The monoisotopic (exact) mass is 314 g/mol. The van der Waals surface area contributed by atoms with Gasteiger partial charge in [-0.05, 0) is 24.1 Å². The Bertz CT molecular complexity index is 506. The average molecular weight is 315 g/mol. The third-order valence-corrected chi connectivity index (χ3v) is 2.77.